The monoisotopic (exact) mass is 242 g/mol. The number of rotatable bonds is 1. The highest BCUT2D eigenvalue weighted by Crippen LogP contribution is 2.18. The van der Waals surface area contributed by atoms with E-state index in [0.29, 0.717) is 11.1 Å². The zero-order chi connectivity index (χ0) is 12.1. The first-order chi connectivity index (χ1) is 8.33. The molecule has 0 fully saturated rings. The zero-order valence-corrected chi connectivity index (χ0v) is 9.92. The molecule has 2 rings (SSSR count). The van der Waals surface area contributed by atoms with Gasteiger partial charge in [-0.25, -0.2) is 0 Å². The van der Waals surface area contributed by atoms with Crippen LogP contribution < -0.4 is 5.32 Å². The summed E-state index contributed by atoms with van der Waals surface area (Å²) in [5.74, 6) is 1.06. The fourth-order valence-electron chi connectivity index (χ4n) is 1.47. The number of aliphatic imine (C=N–C) groups is 1. The largest absolute Gasteiger partial charge is 0.335 e. The minimum Gasteiger partial charge on any atom is -0.335 e. The summed E-state index contributed by atoms with van der Waals surface area (Å²) < 4.78 is 0. The Bertz CT molecular complexity index is 536. The number of benzene rings is 1. The molecule has 0 saturated carbocycles. The molecule has 0 saturated heterocycles. The Hall–Kier alpha value is -1.98. The van der Waals surface area contributed by atoms with Crippen molar-refractivity contribution in [3.05, 3.63) is 29.3 Å². The van der Waals surface area contributed by atoms with E-state index in [1.54, 1.807) is 30.0 Å². The Labute approximate surface area is 104 Å². The normalized spacial score (nSPS) is 14.4. The van der Waals surface area contributed by atoms with Gasteiger partial charge < -0.3 is 5.32 Å². The molecule has 0 unspecified atom stereocenters. The van der Waals surface area contributed by atoms with E-state index in [1.807, 2.05) is 12.1 Å². The van der Waals surface area contributed by atoms with Crippen LogP contribution in [-0.4, -0.2) is 17.5 Å². The van der Waals surface area contributed by atoms with Crippen LogP contribution in [0.1, 0.15) is 17.5 Å². The lowest BCUT2D eigenvalue weighted by Crippen LogP contribution is -2.13. The Balaban J connectivity index is 2.20. The van der Waals surface area contributed by atoms with Crippen molar-refractivity contribution in [2.24, 2.45) is 4.99 Å². The van der Waals surface area contributed by atoms with E-state index in [-0.39, 0.29) is 0 Å². The van der Waals surface area contributed by atoms with Crippen LogP contribution in [0, 0.1) is 22.7 Å². The minimum absolute atomic E-state index is 0.388. The Kier molecular flexibility index (Phi) is 3.64. The third-order valence-electron chi connectivity index (χ3n) is 2.31. The molecule has 0 amide bonds. The SMILES string of the molecule is N#Cc1ccc(NC2=NCCCS2)cc1C#N. The van der Waals surface area contributed by atoms with Gasteiger partial charge in [-0.15, -0.1) is 0 Å². The number of nitrogens with zero attached hydrogens (tertiary/aromatic N) is 3. The van der Waals surface area contributed by atoms with Gasteiger partial charge in [0.15, 0.2) is 5.17 Å². The average Bonchev–Trinajstić information content (AvgIpc) is 2.40. The van der Waals surface area contributed by atoms with Crippen molar-refractivity contribution in [2.45, 2.75) is 6.42 Å². The zero-order valence-electron chi connectivity index (χ0n) is 9.10. The van der Waals surface area contributed by atoms with Crippen molar-refractivity contribution < 1.29 is 0 Å². The maximum atomic E-state index is 8.92. The van der Waals surface area contributed by atoms with Gasteiger partial charge in [0.1, 0.15) is 12.1 Å². The second-order valence-corrected chi connectivity index (χ2v) is 4.58. The van der Waals surface area contributed by atoms with Crippen LogP contribution in [0.2, 0.25) is 0 Å². The third-order valence-corrected chi connectivity index (χ3v) is 3.31. The van der Waals surface area contributed by atoms with Crippen LogP contribution in [0.3, 0.4) is 0 Å². The average molecular weight is 242 g/mol. The number of nitrogens with one attached hydrogen (secondary N) is 1. The predicted molar refractivity (Wildman–Crippen MR) is 68.9 cm³/mol. The van der Waals surface area contributed by atoms with Gasteiger partial charge in [-0.1, -0.05) is 11.8 Å². The van der Waals surface area contributed by atoms with E-state index in [4.69, 9.17) is 10.5 Å². The minimum atomic E-state index is 0.388. The first-order valence-electron chi connectivity index (χ1n) is 5.22. The summed E-state index contributed by atoms with van der Waals surface area (Å²) in [7, 11) is 0. The van der Waals surface area contributed by atoms with Crippen molar-refractivity contribution in [3.8, 4) is 12.1 Å². The van der Waals surface area contributed by atoms with Crippen LogP contribution in [0.4, 0.5) is 5.69 Å². The maximum absolute atomic E-state index is 8.92. The number of thioether (sulfide) groups is 1. The van der Waals surface area contributed by atoms with Gasteiger partial charge >= 0.3 is 0 Å². The summed E-state index contributed by atoms with van der Waals surface area (Å²) in [5.41, 5.74) is 1.59. The second kappa shape index (κ2) is 5.38. The van der Waals surface area contributed by atoms with Crippen LogP contribution in [0.25, 0.3) is 0 Å². The van der Waals surface area contributed by atoms with Gasteiger partial charge in [-0.05, 0) is 24.6 Å². The van der Waals surface area contributed by atoms with Crippen LogP contribution in [0.15, 0.2) is 23.2 Å². The summed E-state index contributed by atoms with van der Waals surface area (Å²) >= 11 is 1.67. The van der Waals surface area contributed by atoms with Crippen LogP contribution in [-0.2, 0) is 0 Å². The Morgan fingerprint density at radius 2 is 2.06 bits per heavy atom. The molecule has 1 aliphatic rings. The van der Waals surface area contributed by atoms with E-state index in [2.05, 4.69) is 10.3 Å². The molecular weight excluding hydrogens is 232 g/mol. The van der Waals surface area contributed by atoms with Crippen LogP contribution in [0.5, 0.6) is 0 Å². The lowest BCUT2D eigenvalue weighted by molar-refractivity contribution is 0.938. The maximum Gasteiger partial charge on any atom is 0.161 e. The number of hydrogen-bond donors (Lipinski definition) is 1. The summed E-state index contributed by atoms with van der Waals surface area (Å²) in [6.45, 7) is 0.844. The number of hydrogen-bond acceptors (Lipinski definition) is 5. The van der Waals surface area contributed by atoms with Gasteiger partial charge in [0.2, 0.25) is 0 Å². The highest BCUT2D eigenvalue weighted by atomic mass is 32.2. The molecule has 1 aromatic rings. The summed E-state index contributed by atoms with van der Waals surface area (Å²) in [5, 5.41) is 21.8. The molecule has 0 aromatic heterocycles. The summed E-state index contributed by atoms with van der Waals surface area (Å²) in [6, 6.07) is 9.12. The molecule has 0 spiro atoms. The van der Waals surface area contributed by atoms with Crippen molar-refractivity contribution >= 4 is 22.6 Å². The number of nitriles is 2. The van der Waals surface area contributed by atoms with E-state index in [0.717, 1.165) is 29.6 Å². The molecule has 0 atom stereocenters. The first kappa shape index (κ1) is 11.5. The van der Waals surface area contributed by atoms with Crippen LogP contribution >= 0.6 is 11.8 Å². The molecule has 1 aliphatic heterocycles. The lowest BCUT2D eigenvalue weighted by Gasteiger charge is -2.13. The van der Waals surface area contributed by atoms with Gasteiger partial charge in [-0.2, -0.15) is 10.5 Å². The topological polar surface area (TPSA) is 72.0 Å². The van der Waals surface area contributed by atoms with E-state index >= 15 is 0 Å². The fourth-order valence-corrected chi connectivity index (χ4v) is 2.31. The van der Waals surface area contributed by atoms with Crippen molar-refractivity contribution in [1.82, 2.24) is 0 Å². The van der Waals surface area contributed by atoms with Gasteiger partial charge in [0.05, 0.1) is 11.1 Å². The van der Waals surface area contributed by atoms with Crippen molar-refractivity contribution in [1.29, 1.82) is 10.5 Å². The van der Waals surface area contributed by atoms with E-state index in [1.165, 1.54) is 0 Å². The highest BCUT2D eigenvalue weighted by molar-refractivity contribution is 8.14. The Morgan fingerprint density at radius 1 is 1.24 bits per heavy atom. The molecule has 0 bridgehead atoms. The summed E-state index contributed by atoms with van der Waals surface area (Å²) in [6.07, 6.45) is 1.10. The number of anilines is 1. The second-order valence-electron chi connectivity index (χ2n) is 3.50. The molecule has 1 N–H and O–H groups in total. The van der Waals surface area contributed by atoms with E-state index in [9.17, 15) is 0 Å². The smallest absolute Gasteiger partial charge is 0.161 e. The van der Waals surface area contributed by atoms with Crippen molar-refractivity contribution in [2.75, 3.05) is 17.6 Å². The van der Waals surface area contributed by atoms with E-state index < -0.39 is 0 Å². The molecule has 4 nitrogen and oxygen atoms in total. The fraction of sp³-hybridized carbons (Fsp3) is 0.250. The Morgan fingerprint density at radius 3 is 2.71 bits per heavy atom. The lowest BCUT2D eigenvalue weighted by atomic mass is 10.1. The highest BCUT2D eigenvalue weighted by Gasteiger charge is 2.08. The molecule has 0 aliphatic carbocycles. The molecule has 1 aromatic carbocycles. The first-order valence-corrected chi connectivity index (χ1v) is 6.20. The quantitative estimate of drug-likeness (QED) is 0.820. The van der Waals surface area contributed by atoms with Gasteiger partial charge in [-0.3, -0.25) is 4.99 Å². The van der Waals surface area contributed by atoms with Gasteiger partial charge in [0, 0.05) is 18.0 Å². The summed E-state index contributed by atoms with van der Waals surface area (Å²) in [4.78, 5) is 4.34. The molecule has 0 radical (unpaired) electrons. The molecule has 84 valence electrons. The number of amidine groups is 1. The third kappa shape index (κ3) is 2.77. The standard InChI is InChI=1S/C12H10N4S/c13-7-9-2-3-11(6-10(9)8-14)16-12-15-4-1-5-17-12/h2-3,6H,1,4-5H2,(H,15,16). The molecule has 17 heavy (non-hydrogen) atoms. The predicted octanol–water partition coefficient (Wildman–Crippen LogP) is 2.33. The van der Waals surface area contributed by atoms with Gasteiger partial charge in [0.25, 0.3) is 0 Å². The van der Waals surface area contributed by atoms with Crippen molar-refractivity contribution in [3.63, 3.8) is 0 Å². The molecule has 5 heteroatoms. The molecule has 1 heterocycles. The molecular formula is C12H10N4S.